The van der Waals surface area contributed by atoms with E-state index < -0.39 is 152 Å². The molecule has 40 heteroatoms. The fourth-order valence-electron chi connectivity index (χ4n) is 5.98. The number of nitrogen functional groups attached to an aromatic ring is 1. The molecule has 0 bridgehead atoms. The SMILES string of the molecule is Nc1ccc(S[C@@H]2O[C@H](C(O)S(=O)(=O)O)[C@](O)([C@@H]3O[C@H](C(O)S(=O)(=O)O)[C@](O)(S(=O)(=O)O)[C@@](O)(S(=O)(=O)O)[C@]3(O)S(=O)(=O)O)[C@@](O)(S(=O)(=O)O)[C@]2(O)S(=O)(=O)O)cc1. The summed E-state index contributed by atoms with van der Waals surface area (Å²) in [5.74, 6) is 0. The lowest BCUT2D eigenvalue weighted by atomic mass is 9.73. The molecule has 2 fully saturated rings. The number of hydrogen-bond acceptors (Lipinski definition) is 26. The number of aliphatic hydroxyl groups excluding tert-OH is 2. The van der Waals surface area contributed by atoms with Crippen LogP contribution in [0.5, 0.6) is 0 Å². The van der Waals surface area contributed by atoms with Crippen molar-refractivity contribution in [3.05, 3.63) is 24.3 Å². The molecule has 0 amide bonds. The molecule has 2 aliphatic heterocycles. The third kappa shape index (κ3) is 6.75. The van der Waals surface area contributed by atoms with E-state index in [0.717, 1.165) is 24.3 Å². The minimum atomic E-state index is -8.08. The van der Waals surface area contributed by atoms with Gasteiger partial charge in [-0.25, -0.2) is 0 Å². The van der Waals surface area contributed by atoms with Crippen LogP contribution in [0.4, 0.5) is 5.69 Å². The second kappa shape index (κ2) is 14.2. The van der Waals surface area contributed by atoms with E-state index in [2.05, 4.69) is 4.74 Å². The second-order valence-electron chi connectivity index (χ2n) is 11.9. The molecule has 1 aromatic rings. The fraction of sp³-hybridized carbons (Fsp3) is 0.667. The van der Waals surface area contributed by atoms with Gasteiger partial charge in [0.2, 0.25) is 10.9 Å². The van der Waals surface area contributed by atoms with Crippen LogP contribution in [0.3, 0.4) is 0 Å². The van der Waals surface area contributed by atoms with Crippen molar-refractivity contribution >= 4 is 88.3 Å². The minimum absolute atomic E-state index is 0.181. The number of hydrogen-bond donors (Lipinski definition) is 16. The molecule has 0 aliphatic carbocycles. The van der Waals surface area contributed by atoms with Crippen molar-refractivity contribution in [3.8, 4) is 0 Å². The molecular weight excluding hydrogens is 983 g/mol. The Morgan fingerprint density at radius 3 is 1.21 bits per heavy atom. The van der Waals surface area contributed by atoms with Crippen LogP contribution >= 0.6 is 11.8 Å². The Hall–Kier alpha value is -1.66. The quantitative estimate of drug-likeness (QED) is 0.0683. The summed E-state index contributed by atoms with van der Waals surface area (Å²) in [7, 11) is -52.9. The van der Waals surface area contributed by atoms with Crippen molar-refractivity contribution in [3.63, 3.8) is 0 Å². The summed E-state index contributed by atoms with van der Waals surface area (Å²) in [5.41, 5.74) is -14.3. The Morgan fingerprint density at radius 1 is 0.517 bits per heavy atom. The molecule has 17 N–H and O–H groups in total. The molecule has 0 saturated carbocycles. The van der Waals surface area contributed by atoms with Gasteiger partial charge in [0, 0.05) is 10.6 Å². The van der Waals surface area contributed by atoms with Gasteiger partial charge in [-0.1, -0.05) is 11.8 Å². The van der Waals surface area contributed by atoms with Gasteiger partial charge in [0.15, 0.2) is 17.1 Å². The van der Waals surface area contributed by atoms with Crippen LogP contribution in [-0.2, 0) is 80.3 Å². The number of ether oxygens (including phenoxy) is 2. The van der Waals surface area contributed by atoms with Crippen LogP contribution < -0.4 is 5.73 Å². The third-order valence-corrected chi connectivity index (χ3v) is 18.7. The van der Waals surface area contributed by atoms with Crippen LogP contribution in [0.25, 0.3) is 0 Å². The summed E-state index contributed by atoms with van der Waals surface area (Å²) in [6.45, 7) is 0. The maximum atomic E-state index is 13.3. The first-order valence-electron chi connectivity index (χ1n) is 13.6. The lowest BCUT2D eigenvalue weighted by Crippen LogP contribution is -2.95. The molecule has 58 heavy (non-hydrogen) atoms. The number of aliphatic hydroxyl groups is 8. The summed E-state index contributed by atoms with van der Waals surface area (Å²) >= 11 is -0.636. The zero-order valence-corrected chi connectivity index (χ0v) is 33.4. The monoisotopic (exact) mass is 1010 g/mol. The predicted octanol–water partition coefficient (Wildman–Crippen LogP) is -9.12. The van der Waals surface area contributed by atoms with Crippen LogP contribution in [0, 0.1) is 0 Å². The zero-order chi connectivity index (χ0) is 46.1. The Bertz CT molecular complexity index is 2640. The van der Waals surface area contributed by atoms with E-state index in [1.807, 2.05) is 0 Å². The highest BCUT2D eigenvalue weighted by atomic mass is 32.3. The Balaban J connectivity index is 2.93. The molecule has 0 radical (unpaired) electrons. The maximum Gasteiger partial charge on any atom is 0.303 e. The van der Waals surface area contributed by atoms with Gasteiger partial charge in [-0.3, -0.25) is 31.9 Å². The number of rotatable bonds is 12. The van der Waals surface area contributed by atoms with Gasteiger partial charge in [-0.2, -0.15) is 58.9 Å². The lowest BCUT2D eigenvalue weighted by Gasteiger charge is -2.64. The van der Waals surface area contributed by atoms with Gasteiger partial charge < -0.3 is 56.1 Å². The molecule has 1 aromatic carbocycles. The summed E-state index contributed by atoms with van der Waals surface area (Å²) < 4.78 is 257. The molecule has 3 rings (SSSR count). The number of benzene rings is 1. The largest absolute Gasteiger partial charge is 0.399 e. The van der Waals surface area contributed by atoms with E-state index in [4.69, 9.17) is 10.5 Å². The standard InChI is InChI=1S/C18H27NO31S8/c19-5-1-3-6(4-2-5)51-12-16(25,56(40,41)42)17(26,57(43,44)45)13(22,7(50-12)9(20)52(28,29)30)11-15(24,55(37,38)39)18(27,58(46,47)48)14(23,54(34,35)36)8(49-11)10(21)53(31,32)33/h1-4,7-12,20-27H,19H2,(H,28,29,30)(H,31,32,33)(H,34,35,36)(H,37,38,39)(H,40,41,42)(H,43,44,45)(H,46,47,48)/t7-,8-,9?,10?,11+,12+,13+,14+,15-,16-,17-,18-/m1/s1. The van der Waals surface area contributed by atoms with E-state index in [-0.39, 0.29) is 5.69 Å². The lowest BCUT2D eigenvalue weighted by molar-refractivity contribution is -0.375. The normalized spacial score (nSPS) is 38.5. The first-order chi connectivity index (χ1) is 25.3. The predicted molar refractivity (Wildman–Crippen MR) is 177 cm³/mol. The van der Waals surface area contributed by atoms with Crippen molar-refractivity contribution in [2.24, 2.45) is 0 Å². The second-order valence-corrected chi connectivity index (χ2v) is 23.9. The minimum Gasteiger partial charge on any atom is -0.399 e. The van der Waals surface area contributed by atoms with Crippen molar-refractivity contribution < 1.29 is 141 Å². The smallest absolute Gasteiger partial charge is 0.303 e. The molecule has 32 nitrogen and oxygen atoms in total. The van der Waals surface area contributed by atoms with E-state index in [1.54, 1.807) is 0 Å². The molecule has 12 atom stereocenters. The number of thioether (sulfide) groups is 1. The van der Waals surface area contributed by atoms with E-state index in [9.17, 15) is 132 Å². The van der Waals surface area contributed by atoms with E-state index in [0.29, 0.717) is 0 Å². The molecular formula is C18H27NO31S8. The molecule has 2 unspecified atom stereocenters. The van der Waals surface area contributed by atoms with Gasteiger partial charge in [-0.15, -0.1) is 0 Å². The van der Waals surface area contributed by atoms with Gasteiger partial charge in [-0.05, 0) is 24.3 Å². The van der Waals surface area contributed by atoms with E-state index in [1.165, 1.54) is 0 Å². The molecule has 338 valence electrons. The summed E-state index contributed by atoms with van der Waals surface area (Å²) in [6, 6.07) is 3.17. The number of nitrogens with two attached hydrogens (primary N) is 1. The first kappa shape index (κ1) is 50.7. The fourth-order valence-corrected chi connectivity index (χ4v) is 15.7. The van der Waals surface area contributed by atoms with Crippen molar-refractivity contribution in [2.45, 2.75) is 69.8 Å². The van der Waals surface area contributed by atoms with Crippen LogP contribution in [-0.4, -0.2) is 197 Å². The van der Waals surface area contributed by atoms with Gasteiger partial charge in [0.05, 0.1) is 0 Å². The van der Waals surface area contributed by atoms with Crippen molar-refractivity contribution in [1.29, 1.82) is 0 Å². The highest BCUT2D eigenvalue weighted by molar-refractivity contribution is 8.01. The maximum absolute atomic E-state index is 13.3. The van der Waals surface area contributed by atoms with Crippen molar-refractivity contribution in [1.82, 2.24) is 0 Å². The summed E-state index contributed by atoms with van der Waals surface area (Å²) in [6.07, 6.45) is -15.4. The van der Waals surface area contributed by atoms with Gasteiger partial charge in [0.1, 0.15) is 12.2 Å². The summed E-state index contributed by atoms with van der Waals surface area (Å²) in [5, 5.41) is 90.6. The topological polar surface area (TPSA) is 587 Å². The third-order valence-electron chi connectivity index (χ3n) is 8.62. The van der Waals surface area contributed by atoms with Crippen LogP contribution in [0.15, 0.2) is 29.2 Å². The van der Waals surface area contributed by atoms with Gasteiger partial charge in [0.25, 0.3) is 44.9 Å². The summed E-state index contributed by atoms with van der Waals surface area (Å²) in [4.78, 5) is -33.3. The zero-order valence-electron chi connectivity index (χ0n) is 26.9. The van der Waals surface area contributed by atoms with Gasteiger partial charge >= 0.3 is 50.6 Å². The Morgan fingerprint density at radius 2 is 0.879 bits per heavy atom. The van der Waals surface area contributed by atoms with Crippen LogP contribution in [0.1, 0.15) is 0 Å². The Kier molecular flexibility index (Phi) is 12.4. The molecule has 2 saturated heterocycles. The number of anilines is 1. The molecule has 2 heterocycles. The molecule has 2 aliphatic rings. The highest BCUT2D eigenvalue weighted by Gasteiger charge is 2.95. The average molecular weight is 1010 g/mol. The average Bonchev–Trinajstić information content (AvgIpc) is 3.00. The molecule has 0 aromatic heterocycles. The van der Waals surface area contributed by atoms with Crippen LogP contribution in [0.2, 0.25) is 0 Å². The highest BCUT2D eigenvalue weighted by Crippen LogP contribution is 2.62. The Labute approximate surface area is 327 Å². The van der Waals surface area contributed by atoms with Crippen molar-refractivity contribution in [2.75, 3.05) is 5.73 Å². The van der Waals surface area contributed by atoms with E-state index >= 15 is 0 Å². The first-order valence-corrected chi connectivity index (χ1v) is 24.7. The molecule has 0 spiro atoms.